The van der Waals surface area contributed by atoms with Crippen molar-refractivity contribution < 1.29 is 9.53 Å². The van der Waals surface area contributed by atoms with Crippen molar-refractivity contribution >= 4 is 23.4 Å². The van der Waals surface area contributed by atoms with E-state index in [2.05, 4.69) is 21.2 Å². The molecule has 160 valence electrons. The lowest BCUT2D eigenvalue weighted by molar-refractivity contribution is -0.116. The first-order chi connectivity index (χ1) is 15.7. The third-order valence-corrected chi connectivity index (χ3v) is 6.28. The Balaban J connectivity index is 1.44. The molecule has 0 atom stereocenters. The van der Waals surface area contributed by atoms with E-state index in [1.165, 1.54) is 17.3 Å². The number of carbonyl (C=O) groups excluding carboxylic acids is 1. The second-order valence-corrected chi connectivity index (χ2v) is 8.21. The van der Waals surface area contributed by atoms with E-state index in [1.54, 1.807) is 13.3 Å². The number of para-hydroxylation sites is 1. The summed E-state index contributed by atoms with van der Waals surface area (Å²) in [7, 11) is 1.64. The van der Waals surface area contributed by atoms with Gasteiger partial charge in [-0.2, -0.15) is 0 Å². The van der Waals surface area contributed by atoms with E-state index in [-0.39, 0.29) is 11.7 Å². The highest BCUT2D eigenvalue weighted by Gasteiger charge is 2.25. The number of hydrogen-bond donors (Lipinski definition) is 0. The fourth-order valence-corrected chi connectivity index (χ4v) is 4.62. The molecule has 8 heteroatoms. The minimum absolute atomic E-state index is 0.0589. The van der Waals surface area contributed by atoms with Crippen LogP contribution in [0.4, 0.5) is 5.69 Å². The molecule has 0 bridgehead atoms. The number of anilines is 1. The van der Waals surface area contributed by atoms with Crippen LogP contribution >= 0.6 is 11.8 Å². The topological polar surface area (TPSA) is 73.1 Å². The van der Waals surface area contributed by atoms with Gasteiger partial charge in [-0.15, -0.1) is 10.2 Å². The smallest absolute Gasteiger partial charge is 0.237 e. The first-order valence-electron chi connectivity index (χ1n) is 10.3. The van der Waals surface area contributed by atoms with E-state index in [0.29, 0.717) is 23.2 Å². The fourth-order valence-electron chi connectivity index (χ4n) is 3.79. The number of thioether (sulfide) groups is 1. The van der Waals surface area contributed by atoms with Crippen molar-refractivity contribution in [2.45, 2.75) is 11.6 Å². The van der Waals surface area contributed by atoms with Gasteiger partial charge < -0.3 is 9.64 Å². The molecule has 0 unspecified atom stereocenters. The maximum atomic E-state index is 13.0. The Hall–Kier alpha value is -3.65. The van der Waals surface area contributed by atoms with Gasteiger partial charge in [0.25, 0.3) is 0 Å². The summed E-state index contributed by atoms with van der Waals surface area (Å²) in [6.07, 6.45) is 2.61. The van der Waals surface area contributed by atoms with Gasteiger partial charge in [-0.3, -0.25) is 14.3 Å². The number of aromatic nitrogens is 4. The summed E-state index contributed by atoms with van der Waals surface area (Å²) >= 11 is 1.38. The van der Waals surface area contributed by atoms with Crippen LogP contribution in [0, 0.1) is 0 Å². The average Bonchev–Trinajstić information content (AvgIpc) is 3.48. The molecule has 32 heavy (non-hydrogen) atoms. The molecule has 1 amide bonds. The Bertz CT molecular complexity index is 1240. The van der Waals surface area contributed by atoms with Gasteiger partial charge in [0, 0.05) is 18.4 Å². The quantitative estimate of drug-likeness (QED) is 0.419. The second-order valence-electron chi connectivity index (χ2n) is 7.27. The Morgan fingerprint density at radius 3 is 2.62 bits per heavy atom. The predicted molar refractivity (Wildman–Crippen MR) is 124 cm³/mol. The number of nitrogens with zero attached hydrogens (tertiary/aromatic N) is 5. The van der Waals surface area contributed by atoms with Crippen LogP contribution < -0.4 is 9.64 Å². The van der Waals surface area contributed by atoms with E-state index in [0.717, 1.165) is 23.5 Å². The third kappa shape index (κ3) is 3.85. The summed E-state index contributed by atoms with van der Waals surface area (Å²) < 4.78 is 7.22. The molecule has 0 saturated heterocycles. The summed E-state index contributed by atoms with van der Waals surface area (Å²) in [6.45, 7) is 0.711. The number of pyridine rings is 1. The number of methoxy groups -OCH3 is 1. The van der Waals surface area contributed by atoms with Crippen LogP contribution in [0.2, 0.25) is 0 Å². The summed E-state index contributed by atoms with van der Waals surface area (Å²) in [5, 5.41) is 9.41. The normalized spacial score (nSPS) is 12.6. The second kappa shape index (κ2) is 8.84. The predicted octanol–water partition coefficient (Wildman–Crippen LogP) is 4.02. The lowest BCUT2D eigenvalue weighted by Crippen LogP contribution is -2.30. The highest BCUT2D eigenvalue weighted by Crippen LogP contribution is 2.31. The Labute approximate surface area is 190 Å². The maximum Gasteiger partial charge on any atom is 0.237 e. The number of benzene rings is 2. The standard InChI is InChI=1S/C24H21N5O2S/c1-31-19-11-9-18(10-12-19)29-23(20-7-4-5-14-25-20)26-27-24(29)32-16-22(30)28-15-13-17-6-2-3-8-21(17)28/h2-12,14H,13,15-16H2,1H3. The molecule has 0 N–H and O–H groups in total. The Morgan fingerprint density at radius 1 is 1.03 bits per heavy atom. The minimum atomic E-state index is 0.0589. The van der Waals surface area contributed by atoms with Crippen molar-refractivity contribution in [1.29, 1.82) is 0 Å². The van der Waals surface area contributed by atoms with Crippen LogP contribution in [0.5, 0.6) is 5.75 Å². The van der Waals surface area contributed by atoms with Crippen molar-refractivity contribution in [3.63, 3.8) is 0 Å². The van der Waals surface area contributed by atoms with Gasteiger partial charge in [0.2, 0.25) is 5.91 Å². The van der Waals surface area contributed by atoms with E-state index in [4.69, 9.17) is 4.74 Å². The number of ether oxygens (including phenoxy) is 1. The molecule has 0 saturated carbocycles. The summed E-state index contributed by atoms with van der Waals surface area (Å²) in [4.78, 5) is 19.3. The van der Waals surface area contributed by atoms with Gasteiger partial charge in [-0.05, 0) is 54.4 Å². The number of hydrogen-bond acceptors (Lipinski definition) is 6. The van der Waals surface area contributed by atoms with E-state index in [1.807, 2.05) is 70.1 Å². The van der Waals surface area contributed by atoms with Gasteiger partial charge in [-0.25, -0.2) is 0 Å². The van der Waals surface area contributed by atoms with E-state index >= 15 is 0 Å². The molecule has 1 aliphatic heterocycles. The summed E-state index contributed by atoms with van der Waals surface area (Å²) in [5.74, 6) is 1.71. The van der Waals surface area contributed by atoms with Crippen molar-refractivity contribution in [3.8, 4) is 23.0 Å². The Morgan fingerprint density at radius 2 is 1.84 bits per heavy atom. The molecule has 0 aliphatic carbocycles. The third-order valence-electron chi connectivity index (χ3n) is 5.37. The highest BCUT2D eigenvalue weighted by molar-refractivity contribution is 7.99. The molecule has 0 spiro atoms. The highest BCUT2D eigenvalue weighted by atomic mass is 32.2. The van der Waals surface area contributed by atoms with Gasteiger partial charge in [0.1, 0.15) is 11.4 Å². The van der Waals surface area contributed by atoms with Crippen LogP contribution in [-0.2, 0) is 11.2 Å². The van der Waals surface area contributed by atoms with Crippen molar-refractivity contribution in [2.24, 2.45) is 0 Å². The van der Waals surface area contributed by atoms with E-state index < -0.39 is 0 Å². The fraction of sp³-hybridized carbons (Fsp3) is 0.167. The van der Waals surface area contributed by atoms with Gasteiger partial charge in [0.05, 0.1) is 18.6 Å². The SMILES string of the molecule is COc1ccc(-n2c(SCC(=O)N3CCc4ccccc43)nnc2-c2ccccn2)cc1. The first kappa shape index (κ1) is 20.3. The van der Waals surface area contributed by atoms with Gasteiger partial charge in [-0.1, -0.05) is 36.0 Å². The lowest BCUT2D eigenvalue weighted by Gasteiger charge is -2.17. The zero-order valence-electron chi connectivity index (χ0n) is 17.5. The molecule has 0 radical (unpaired) electrons. The summed E-state index contributed by atoms with van der Waals surface area (Å²) in [6, 6.07) is 21.4. The van der Waals surface area contributed by atoms with Crippen LogP contribution in [0.15, 0.2) is 78.1 Å². The van der Waals surface area contributed by atoms with Crippen molar-refractivity contribution in [3.05, 3.63) is 78.5 Å². The first-order valence-corrected chi connectivity index (χ1v) is 11.3. The molecule has 7 nitrogen and oxygen atoms in total. The molecular formula is C24H21N5O2S. The van der Waals surface area contributed by atoms with Crippen LogP contribution in [0.1, 0.15) is 5.56 Å². The van der Waals surface area contributed by atoms with Crippen molar-refractivity contribution in [1.82, 2.24) is 19.7 Å². The van der Waals surface area contributed by atoms with Crippen LogP contribution in [0.3, 0.4) is 0 Å². The number of fused-ring (bicyclic) bond motifs is 1. The zero-order chi connectivity index (χ0) is 21.9. The zero-order valence-corrected chi connectivity index (χ0v) is 18.3. The van der Waals surface area contributed by atoms with E-state index in [9.17, 15) is 4.79 Å². The van der Waals surface area contributed by atoms with Gasteiger partial charge in [0.15, 0.2) is 11.0 Å². The molecule has 1 aliphatic rings. The largest absolute Gasteiger partial charge is 0.497 e. The molecule has 4 aromatic rings. The summed E-state index contributed by atoms with van der Waals surface area (Å²) in [5.41, 5.74) is 3.80. The monoisotopic (exact) mass is 443 g/mol. The lowest BCUT2D eigenvalue weighted by atomic mass is 10.2. The molecule has 3 heterocycles. The molecule has 0 fully saturated rings. The van der Waals surface area contributed by atoms with Crippen LogP contribution in [-0.4, -0.2) is 45.1 Å². The maximum absolute atomic E-state index is 13.0. The number of rotatable bonds is 6. The Kier molecular flexibility index (Phi) is 5.60. The minimum Gasteiger partial charge on any atom is -0.497 e. The van der Waals surface area contributed by atoms with Crippen molar-refractivity contribution in [2.75, 3.05) is 24.3 Å². The van der Waals surface area contributed by atoms with Gasteiger partial charge >= 0.3 is 0 Å². The number of carbonyl (C=O) groups is 1. The number of amides is 1. The molecule has 2 aromatic carbocycles. The van der Waals surface area contributed by atoms with Crippen LogP contribution in [0.25, 0.3) is 17.2 Å². The average molecular weight is 444 g/mol. The molecule has 5 rings (SSSR count). The molecular weight excluding hydrogens is 422 g/mol. The molecule has 2 aromatic heterocycles.